The van der Waals surface area contributed by atoms with Gasteiger partial charge in [0, 0.05) is 23.1 Å². The van der Waals surface area contributed by atoms with Crippen molar-refractivity contribution in [1.29, 1.82) is 0 Å². The van der Waals surface area contributed by atoms with Gasteiger partial charge in [-0.25, -0.2) is 0 Å². The molecule has 2 aromatic carbocycles. The number of hydrogen-bond donors (Lipinski definition) is 0. The molecule has 29 heavy (non-hydrogen) atoms. The molecule has 0 spiro atoms. The molecule has 0 bridgehead atoms. The van der Waals surface area contributed by atoms with Crippen LogP contribution >= 0.6 is 0 Å². The van der Waals surface area contributed by atoms with E-state index < -0.39 is 17.9 Å². The third kappa shape index (κ3) is 4.25. The molecular weight excluding hydrogens is 392 g/mol. The Morgan fingerprint density at radius 3 is 1.72 bits per heavy atom. The Bertz CT molecular complexity index is 816. The van der Waals surface area contributed by atoms with Crippen molar-refractivity contribution in [2.24, 2.45) is 0 Å². The van der Waals surface area contributed by atoms with Crippen molar-refractivity contribution in [2.75, 3.05) is 13.1 Å². The standard InChI is InChI=1S/C23H34N2O2Si2/c1-5-28(6-2)25(29(7-3)8-4)17-11-16-24-22(26)19-14-9-12-18-13-10-15-20(21(18)19)23(24)27/h9-10,12-15,28-29H,5-8,11,16-17H2,1-4H3. The number of imide groups is 1. The maximum atomic E-state index is 13.1. The van der Waals surface area contributed by atoms with Crippen molar-refractivity contribution in [3.8, 4) is 0 Å². The minimum absolute atomic E-state index is 0.134. The summed E-state index contributed by atoms with van der Waals surface area (Å²) in [6, 6.07) is 16.7. The largest absolute Gasteiger partial charge is 0.350 e. The summed E-state index contributed by atoms with van der Waals surface area (Å²) in [6.45, 7) is 10.9. The smallest absolute Gasteiger partial charge is 0.261 e. The van der Waals surface area contributed by atoms with Crippen LogP contribution in [-0.2, 0) is 0 Å². The fourth-order valence-electron chi connectivity index (χ4n) is 4.87. The number of rotatable bonds is 10. The van der Waals surface area contributed by atoms with Crippen LogP contribution in [0.25, 0.3) is 10.8 Å². The topological polar surface area (TPSA) is 40.6 Å². The molecule has 0 unspecified atom stereocenters. The van der Waals surface area contributed by atoms with Gasteiger partial charge in [-0.2, -0.15) is 0 Å². The van der Waals surface area contributed by atoms with Gasteiger partial charge >= 0.3 is 0 Å². The molecule has 0 fully saturated rings. The molecule has 1 aliphatic rings. The van der Waals surface area contributed by atoms with Crippen LogP contribution in [0.2, 0.25) is 24.2 Å². The summed E-state index contributed by atoms with van der Waals surface area (Å²) < 4.78 is 2.88. The second-order valence-electron chi connectivity index (χ2n) is 8.00. The molecule has 2 aromatic rings. The van der Waals surface area contributed by atoms with Crippen molar-refractivity contribution >= 4 is 40.5 Å². The molecule has 156 valence electrons. The van der Waals surface area contributed by atoms with Crippen LogP contribution in [-0.4, -0.2) is 52.0 Å². The van der Waals surface area contributed by atoms with Gasteiger partial charge in [-0.05, 0) is 30.5 Å². The van der Waals surface area contributed by atoms with Crippen molar-refractivity contribution in [3.63, 3.8) is 0 Å². The van der Waals surface area contributed by atoms with Crippen LogP contribution in [0, 0.1) is 0 Å². The van der Waals surface area contributed by atoms with E-state index in [1.807, 2.05) is 36.4 Å². The predicted octanol–water partition coefficient (Wildman–Crippen LogP) is 4.66. The number of nitrogens with zero attached hydrogens (tertiary/aromatic N) is 2. The number of amides is 2. The molecule has 0 radical (unpaired) electrons. The minimum Gasteiger partial charge on any atom is -0.350 e. The zero-order chi connectivity index (χ0) is 21.0. The molecule has 0 atom stereocenters. The fraction of sp³-hybridized carbons (Fsp3) is 0.478. The quantitative estimate of drug-likeness (QED) is 0.410. The van der Waals surface area contributed by atoms with Gasteiger partial charge in [0.25, 0.3) is 11.8 Å². The molecule has 2 amide bonds. The summed E-state index contributed by atoms with van der Waals surface area (Å²) in [4.78, 5) is 27.7. The van der Waals surface area contributed by atoms with E-state index in [-0.39, 0.29) is 11.8 Å². The molecule has 0 saturated heterocycles. The first-order valence-electron chi connectivity index (χ1n) is 11.2. The van der Waals surface area contributed by atoms with E-state index in [1.54, 1.807) is 0 Å². The van der Waals surface area contributed by atoms with E-state index >= 15 is 0 Å². The number of benzene rings is 2. The zero-order valence-electron chi connectivity index (χ0n) is 18.3. The number of hydrogen-bond acceptors (Lipinski definition) is 3. The molecule has 4 nitrogen and oxygen atoms in total. The average molecular weight is 427 g/mol. The van der Waals surface area contributed by atoms with Gasteiger partial charge < -0.3 is 4.23 Å². The Morgan fingerprint density at radius 1 is 0.793 bits per heavy atom. The van der Waals surface area contributed by atoms with Crippen LogP contribution in [0.3, 0.4) is 0 Å². The summed E-state index contributed by atoms with van der Waals surface area (Å²) in [5, 5.41) is 1.78. The third-order valence-electron chi connectivity index (χ3n) is 6.48. The maximum Gasteiger partial charge on any atom is 0.261 e. The highest BCUT2D eigenvalue weighted by molar-refractivity contribution is 6.72. The summed E-state index contributed by atoms with van der Waals surface area (Å²) >= 11 is 0. The van der Waals surface area contributed by atoms with Gasteiger partial charge in [-0.1, -0.05) is 76.1 Å². The second kappa shape index (κ2) is 9.82. The van der Waals surface area contributed by atoms with Crippen molar-refractivity contribution in [3.05, 3.63) is 47.5 Å². The Kier molecular flexibility index (Phi) is 7.43. The molecular formula is C23H34N2O2Si2. The van der Waals surface area contributed by atoms with Crippen LogP contribution in [0.1, 0.15) is 54.8 Å². The molecule has 0 saturated carbocycles. The molecule has 0 aliphatic carbocycles. The molecule has 1 aliphatic heterocycles. The van der Waals surface area contributed by atoms with Crippen LogP contribution < -0.4 is 0 Å². The zero-order valence-corrected chi connectivity index (χ0v) is 20.6. The van der Waals surface area contributed by atoms with Crippen LogP contribution in [0.4, 0.5) is 0 Å². The highest BCUT2D eigenvalue weighted by Gasteiger charge is 2.32. The lowest BCUT2D eigenvalue weighted by molar-refractivity contribution is 0.0608. The SMILES string of the molecule is CC[SiH](CC)N(CCCN1C(=O)c2cccc3cccc(c23)C1=O)[SiH](CC)CC. The normalized spacial score (nSPS) is 14.1. The fourth-order valence-corrected chi connectivity index (χ4v) is 13.9. The van der Waals surface area contributed by atoms with Gasteiger partial charge in [0.2, 0.25) is 0 Å². The Balaban J connectivity index is 1.77. The summed E-state index contributed by atoms with van der Waals surface area (Å²) in [6.07, 6.45) is 0.878. The predicted molar refractivity (Wildman–Crippen MR) is 127 cm³/mol. The van der Waals surface area contributed by atoms with Gasteiger partial charge in [-0.3, -0.25) is 14.5 Å². The Morgan fingerprint density at radius 2 is 1.28 bits per heavy atom. The van der Waals surface area contributed by atoms with E-state index in [4.69, 9.17) is 0 Å². The van der Waals surface area contributed by atoms with Crippen LogP contribution in [0.5, 0.6) is 0 Å². The first kappa shape index (κ1) is 21.9. The number of carbonyl (C=O) groups excluding carboxylic acids is 2. The Labute approximate surface area is 178 Å². The molecule has 1 heterocycles. The Hall–Kier alpha value is -1.77. The lowest BCUT2D eigenvalue weighted by Gasteiger charge is -2.36. The van der Waals surface area contributed by atoms with E-state index in [9.17, 15) is 9.59 Å². The highest BCUT2D eigenvalue weighted by atomic mass is 28.4. The van der Waals surface area contributed by atoms with E-state index in [0.717, 1.165) is 23.7 Å². The average Bonchev–Trinajstić information content (AvgIpc) is 2.75. The van der Waals surface area contributed by atoms with Crippen molar-refractivity contribution in [1.82, 2.24) is 9.13 Å². The number of carbonyl (C=O) groups is 2. The van der Waals surface area contributed by atoms with Gasteiger partial charge in [0.05, 0.1) is 0 Å². The van der Waals surface area contributed by atoms with E-state index in [0.29, 0.717) is 17.7 Å². The maximum absolute atomic E-state index is 13.1. The van der Waals surface area contributed by atoms with Gasteiger partial charge in [0.15, 0.2) is 0 Å². The lowest BCUT2D eigenvalue weighted by atomic mass is 9.94. The first-order valence-corrected chi connectivity index (χ1v) is 15.5. The van der Waals surface area contributed by atoms with E-state index in [1.165, 1.54) is 29.1 Å². The monoisotopic (exact) mass is 426 g/mol. The van der Waals surface area contributed by atoms with Gasteiger partial charge in [-0.15, -0.1) is 0 Å². The summed E-state index contributed by atoms with van der Waals surface area (Å²) in [7, 11) is -1.78. The molecule has 0 aromatic heterocycles. The molecule has 6 heteroatoms. The highest BCUT2D eigenvalue weighted by Crippen LogP contribution is 2.30. The van der Waals surface area contributed by atoms with Crippen molar-refractivity contribution < 1.29 is 9.59 Å². The van der Waals surface area contributed by atoms with E-state index in [2.05, 4.69) is 31.9 Å². The summed E-state index contributed by atoms with van der Waals surface area (Å²) in [5.74, 6) is -0.268. The first-order chi connectivity index (χ1) is 14.1. The third-order valence-corrected chi connectivity index (χ3v) is 15.2. The molecule has 0 N–H and O–H groups in total. The summed E-state index contributed by atoms with van der Waals surface area (Å²) in [5.41, 5.74) is 1.33. The minimum atomic E-state index is -0.890. The van der Waals surface area contributed by atoms with Crippen LogP contribution in [0.15, 0.2) is 36.4 Å². The second-order valence-corrected chi connectivity index (χ2v) is 15.8. The van der Waals surface area contributed by atoms with Crippen molar-refractivity contribution in [2.45, 2.75) is 58.3 Å². The molecule has 3 rings (SSSR count). The van der Waals surface area contributed by atoms with Gasteiger partial charge in [0.1, 0.15) is 17.9 Å². The lowest BCUT2D eigenvalue weighted by Crippen LogP contribution is -2.49.